The van der Waals surface area contributed by atoms with Crippen LogP contribution in [-0.2, 0) is 10.2 Å². The molecule has 0 saturated heterocycles. The summed E-state index contributed by atoms with van der Waals surface area (Å²) in [6.45, 7) is 10.9. The normalized spacial score (nSPS) is 17.1. The van der Waals surface area contributed by atoms with E-state index in [-0.39, 0.29) is 17.2 Å². The summed E-state index contributed by atoms with van der Waals surface area (Å²) in [5, 5.41) is 0. The number of aryl methyl sites for hydroxylation is 1. The van der Waals surface area contributed by atoms with Crippen LogP contribution in [0.4, 0.5) is 11.4 Å². The molecule has 98 valence electrons. The van der Waals surface area contributed by atoms with Gasteiger partial charge >= 0.3 is 0 Å². The van der Waals surface area contributed by atoms with Crippen LogP contribution in [0.1, 0.15) is 38.8 Å². The molecule has 18 heavy (non-hydrogen) atoms. The number of anilines is 2. The standard InChI is InChI=1S/C15H22N2O/c1-9(2)14(18)17-8-15(4,5)11-6-10(3)7-12(16)13(11)17/h6-7,9H,8,16H2,1-5H3. The van der Waals surface area contributed by atoms with Crippen LogP contribution in [0.15, 0.2) is 12.1 Å². The van der Waals surface area contributed by atoms with Crippen molar-refractivity contribution in [1.82, 2.24) is 0 Å². The molecule has 0 aliphatic carbocycles. The van der Waals surface area contributed by atoms with Crippen LogP contribution in [0.3, 0.4) is 0 Å². The van der Waals surface area contributed by atoms with E-state index in [4.69, 9.17) is 5.73 Å². The van der Waals surface area contributed by atoms with E-state index in [1.54, 1.807) is 0 Å². The molecule has 0 fully saturated rings. The Morgan fingerprint density at radius 3 is 2.56 bits per heavy atom. The van der Waals surface area contributed by atoms with Gasteiger partial charge in [0.05, 0.1) is 11.4 Å². The lowest BCUT2D eigenvalue weighted by atomic mass is 9.86. The van der Waals surface area contributed by atoms with Crippen LogP contribution in [0.2, 0.25) is 0 Å². The van der Waals surface area contributed by atoms with Gasteiger partial charge in [0, 0.05) is 17.9 Å². The highest BCUT2D eigenvalue weighted by Crippen LogP contribution is 2.44. The third-order valence-electron chi connectivity index (χ3n) is 3.60. The predicted molar refractivity (Wildman–Crippen MR) is 75.8 cm³/mol. The first-order valence-electron chi connectivity index (χ1n) is 6.46. The Balaban J connectivity index is 2.59. The molecular weight excluding hydrogens is 224 g/mol. The Bertz CT molecular complexity index is 503. The number of nitrogens with zero attached hydrogens (tertiary/aromatic N) is 1. The van der Waals surface area contributed by atoms with Gasteiger partial charge in [0.1, 0.15) is 0 Å². The molecular formula is C15H22N2O. The van der Waals surface area contributed by atoms with Gasteiger partial charge in [-0.25, -0.2) is 0 Å². The molecule has 1 heterocycles. The molecule has 0 bridgehead atoms. The first kappa shape index (κ1) is 12.9. The van der Waals surface area contributed by atoms with Gasteiger partial charge in [0.15, 0.2) is 0 Å². The smallest absolute Gasteiger partial charge is 0.229 e. The minimum Gasteiger partial charge on any atom is -0.397 e. The van der Waals surface area contributed by atoms with Crippen molar-refractivity contribution in [1.29, 1.82) is 0 Å². The van der Waals surface area contributed by atoms with Crippen LogP contribution < -0.4 is 10.6 Å². The molecule has 0 saturated carbocycles. The molecule has 2 N–H and O–H groups in total. The van der Waals surface area contributed by atoms with Crippen LogP contribution in [0.5, 0.6) is 0 Å². The number of fused-ring (bicyclic) bond motifs is 1. The monoisotopic (exact) mass is 246 g/mol. The van der Waals surface area contributed by atoms with Crippen molar-refractivity contribution in [3.8, 4) is 0 Å². The molecule has 1 amide bonds. The highest BCUT2D eigenvalue weighted by atomic mass is 16.2. The molecule has 1 aromatic carbocycles. The van der Waals surface area contributed by atoms with Crippen LogP contribution in [0, 0.1) is 12.8 Å². The van der Waals surface area contributed by atoms with Crippen molar-refractivity contribution < 1.29 is 4.79 Å². The largest absolute Gasteiger partial charge is 0.397 e. The maximum atomic E-state index is 12.3. The van der Waals surface area contributed by atoms with E-state index in [9.17, 15) is 4.79 Å². The van der Waals surface area contributed by atoms with Crippen molar-refractivity contribution in [3.05, 3.63) is 23.3 Å². The molecule has 1 aromatic rings. The molecule has 3 nitrogen and oxygen atoms in total. The first-order valence-corrected chi connectivity index (χ1v) is 6.46. The summed E-state index contributed by atoms with van der Waals surface area (Å²) in [6.07, 6.45) is 0. The zero-order valence-electron chi connectivity index (χ0n) is 11.9. The van der Waals surface area contributed by atoms with E-state index in [2.05, 4.69) is 19.9 Å². The summed E-state index contributed by atoms with van der Waals surface area (Å²) in [5.41, 5.74) is 10.1. The zero-order valence-corrected chi connectivity index (χ0v) is 11.9. The summed E-state index contributed by atoms with van der Waals surface area (Å²) in [6, 6.07) is 4.10. The summed E-state index contributed by atoms with van der Waals surface area (Å²) >= 11 is 0. The number of benzene rings is 1. The fourth-order valence-electron chi connectivity index (χ4n) is 2.68. The fraction of sp³-hybridized carbons (Fsp3) is 0.533. The number of carbonyl (C=O) groups excluding carboxylic acids is 1. The minimum absolute atomic E-state index is 0.00699. The second kappa shape index (κ2) is 4.01. The number of carbonyl (C=O) groups is 1. The first-order chi connectivity index (χ1) is 8.24. The zero-order chi connectivity index (χ0) is 13.7. The van der Waals surface area contributed by atoms with Gasteiger partial charge < -0.3 is 10.6 Å². The molecule has 0 aromatic heterocycles. The van der Waals surface area contributed by atoms with E-state index in [0.717, 1.165) is 11.3 Å². The minimum atomic E-state index is -0.0278. The summed E-state index contributed by atoms with van der Waals surface area (Å²) < 4.78 is 0. The Labute approximate surface area is 109 Å². The number of hydrogen-bond donors (Lipinski definition) is 1. The Morgan fingerprint density at radius 2 is 2.00 bits per heavy atom. The molecule has 0 radical (unpaired) electrons. The Morgan fingerprint density at radius 1 is 1.39 bits per heavy atom. The van der Waals surface area contributed by atoms with Crippen molar-refractivity contribution in [2.75, 3.05) is 17.2 Å². The molecule has 0 spiro atoms. The Kier molecular flexibility index (Phi) is 2.88. The third-order valence-corrected chi connectivity index (χ3v) is 3.60. The van der Waals surface area contributed by atoms with Gasteiger partial charge in [0.25, 0.3) is 0 Å². The summed E-state index contributed by atoms with van der Waals surface area (Å²) in [4.78, 5) is 14.2. The molecule has 0 atom stereocenters. The maximum absolute atomic E-state index is 12.3. The van der Waals surface area contributed by atoms with Gasteiger partial charge in [-0.3, -0.25) is 4.79 Å². The lowest BCUT2D eigenvalue weighted by Crippen LogP contribution is -2.36. The van der Waals surface area contributed by atoms with Gasteiger partial charge in [-0.05, 0) is 24.1 Å². The van der Waals surface area contributed by atoms with Crippen LogP contribution in [0.25, 0.3) is 0 Å². The van der Waals surface area contributed by atoms with Gasteiger partial charge in [-0.1, -0.05) is 33.8 Å². The molecule has 0 unspecified atom stereocenters. The van der Waals surface area contributed by atoms with E-state index < -0.39 is 0 Å². The summed E-state index contributed by atoms with van der Waals surface area (Å²) in [5.74, 6) is 0.143. The van der Waals surface area contributed by atoms with E-state index in [0.29, 0.717) is 12.2 Å². The van der Waals surface area contributed by atoms with E-state index in [1.807, 2.05) is 31.7 Å². The SMILES string of the molecule is Cc1cc(N)c2c(c1)C(C)(C)CN2C(=O)C(C)C. The molecule has 1 aliphatic rings. The molecule has 1 aliphatic heterocycles. The number of amides is 1. The predicted octanol–water partition coefficient (Wildman–Crippen LogP) is 2.86. The highest BCUT2D eigenvalue weighted by molar-refractivity contribution is 6.00. The van der Waals surface area contributed by atoms with Gasteiger partial charge in [-0.2, -0.15) is 0 Å². The lowest BCUT2D eigenvalue weighted by Gasteiger charge is -2.22. The molecule has 3 heteroatoms. The summed E-state index contributed by atoms with van der Waals surface area (Å²) in [7, 11) is 0. The maximum Gasteiger partial charge on any atom is 0.229 e. The molecule has 2 rings (SSSR count). The number of hydrogen-bond acceptors (Lipinski definition) is 2. The average Bonchev–Trinajstić information content (AvgIpc) is 2.50. The highest BCUT2D eigenvalue weighted by Gasteiger charge is 2.39. The fourth-order valence-corrected chi connectivity index (χ4v) is 2.68. The number of nitrogens with two attached hydrogens (primary N) is 1. The second-order valence-electron chi connectivity index (χ2n) is 6.21. The van der Waals surface area contributed by atoms with Gasteiger partial charge in [-0.15, -0.1) is 0 Å². The van der Waals surface area contributed by atoms with Crippen molar-refractivity contribution >= 4 is 17.3 Å². The van der Waals surface area contributed by atoms with E-state index in [1.165, 1.54) is 5.56 Å². The van der Waals surface area contributed by atoms with E-state index >= 15 is 0 Å². The van der Waals surface area contributed by atoms with Crippen molar-refractivity contribution in [2.24, 2.45) is 5.92 Å². The van der Waals surface area contributed by atoms with Crippen LogP contribution in [-0.4, -0.2) is 12.5 Å². The topological polar surface area (TPSA) is 46.3 Å². The van der Waals surface area contributed by atoms with Crippen LogP contribution >= 0.6 is 0 Å². The van der Waals surface area contributed by atoms with Crippen molar-refractivity contribution in [3.63, 3.8) is 0 Å². The van der Waals surface area contributed by atoms with Crippen molar-refractivity contribution in [2.45, 2.75) is 40.0 Å². The third kappa shape index (κ3) is 1.88. The lowest BCUT2D eigenvalue weighted by molar-refractivity contribution is -0.121. The average molecular weight is 246 g/mol. The number of rotatable bonds is 1. The quantitative estimate of drug-likeness (QED) is 0.774. The Hall–Kier alpha value is -1.51. The number of nitrogen functional groups attached to an aromatic ring is 1. The van der Waals surface area contributed by atoms with Gasteiger partial charge in [0.2, 0.25) is 5.91 Å². The second-order valence-corrected chi connectivity index (χ2v) is 6.21.